The molecule has 2 rings (SSSR count). The fourth-order valence-corrected chi connectivity index (χ4v) is 2.48. The molecule has 122 valence electrons. The van der Waals surface area contributed by atoms with E-state index >= 15 is 0 Å². The molecule has 0 fully saturated rings. The van der Waals surface area contributed by atoms with Gasteiger partial charge < -0.3 is 9.15 Å². The molecule has 0 spiro atoms. The Kier molecular flexibility index (Phi) is 6.26. The summed E-state index contributed by atoms with van der Waals surface area (Å²) in [5.41, 5.74) is 4.15. The van der Waals surface area contributed by atoms with Crippen molar-refractivity contribution in [1.82, 2.24) is 5.43 Å². The molecule has 1 amide bonds. The monoisotopic (exact) mass is 462 g/mol. The molecule has 0 atom stereocenters. The number of amides is 1. The minimum absolute atomic E-state index is 0.149. The Morgan fingerprint density at radius 3 is 2.57 bits per heavy atom. The van der Waals surface area contributed by atoms with Crippen LogP contribution in [0.5, 0.6) is 5.75 Å². The van der Waals surface area contributed by atoms with E-state index in [1.807, 2.05) is 13.8 Å². The number of ether oxygens (including phenoxy) is 1. The van der Waals surface area contributed by atoms with E-state index in [-0.39, 0.29) is 12.5 Å². The zero-order valence-corrected chi connectivity index (χ0v) is 16.3. The first-order valence-corrected chi connectivity index (χ1v) is 8.49. The van der Waals surface area contributed by atoms with Gasteiger partial charge in [-0.2, -0.15) is 5.10 Å². The predicted octanol–water partition coefficient (Wildman–Crippen LogP) is 4.60. The third-order valence-electron chi connectivity index (χ3n) is 2.83. The minimum Gasteiger partial charge on any atom is -0.484 e. The first-order valence-electron chi connectivity index (χ1n) is 6.53. The van der Waals surface area contributed by atoms with Gasteiger partial charge >= 0.3 is 0 Å². The summed E-state index contributed by atoms with van der Waals surface area (Å²) in [5, 5.41) is 4.49. The molecule has 5 nitrogen and oxygen atoms in total. The number of aryl methyl sites for hydroxylation is 2. The summed E-state index contributed by atoms with van der Waals surface area (Å²) in [5.74, 6) is 0.701. The van der Waals surface area contributed by atoms with Gasteiger partial charge in [-0.05, 0) is 69.0 Å². The Labute approximate surface area is 155 Å². The summed E-state index contributed by atoms with van der Waals surface area (Å²) >= 11 is 12.6. The molecule has 1 aromatic heterocycles. The van der Waals surface area contributed by atoms with Crippen LogP contribution in [0, 0.1) is 13.8 Å². The maximum Gasteiger partial charge on any atom is 0.277 e. The Hall–Kier alpha value is -1.31. The predicted molar refractivity (Wildman–Crippen MR) is 96.3 cm³/mol. The normalized spacial score (nSPS) is 11.0. The zero-order chi connectivity index (χ0) is 17.0. The van der Waals surface area contributed by atoms with Crippen LogP contribution in [0.3, 0.4) is 0 Å². The highest BCUT2D eigenvalue weighted by atomic mass is 79.9. The minimum atomic E-state index is -0.379. The van der Waals surface area contributed by atoms with E-state index in [1.54, 1.807) is 18.2 Å². The van der Waals surface area contributed by atoms with Gasteiger partial charge in [0.15, 0.2) is 11.3 Å². The quantitative estimate of drug-likeness (QED) is 0.520. The number of hydrogen-bond acceptors (Lipinski definition) is 4. The van der Waals surface area contributed by atoms with Crippen LogP contribution in [-0.4, -0.2) is 18.7 Å². The number of nitrogens with one attached hydrogen (secondary N) is 1. The Morgan fingerprint density at radius 1 is 1.35 bits per heavy atom. The number of hydrazone groups is 1. The number of halogens is 3. The van der Waals surface area contributed by atoms with E-state index in [0.29, 0.717) is 21.2 Å². The molecule has 0 aliphatic heterocycles. The van der Waals surface area contributed by atoms with E-state index in [2.05, 4.69) is 42.4 Å². The van der Waals surface area contributed by atoms with Gasteiger partial charge in [0.2, 0.25) is 0 Å². The molecular weight excluding hydrogens is 451 g/mol. The second kappa shape index (κ2) is 7.99. The first-order chi connectivity index (χ1) is 10.9. The van der Waals surface area contributed by atoms with E-state index in [1.165, 1.54) is 6.21 Å². The van der Waals surface area contributed by atoms with E-state index in [0.717, 1.165) is 15.6 Å². The number of carbonyl (C=O) groups is 1. The van der Waals surface area contributed by atoms with Gasteiger partial charge in [-0.3, -0.25) is 4.79 Å². The molecule has 1 heterocycles. The van der Waals surface area contributed by atoms with Crippen molar-refractivity contribution in [2.45, 2.75) is 13.8 Å². The largest absolute Gasteiger partial charge is 0.484 e. The summed E-state index contributed by atoms with van der Waals surface area (Å²) in [6.07, 6.45) is 1.39. The van der Waals surface area contributed by atoms with Gasteiger partial charge in [0.05, 0.1) is 10.7 Å². The fourth-order valence-electron chi connectivity index (χ4n) is 1.77. The lowest BCUT2D eigenvalue weighted by Crippen LogP contribution is -2.24. The Bertz CT molecular complexity index is 717. The first kappa shape index (κ1) is 18.0. The van der Waals surface area contributed by atoms with Crippen LogP contribution in [0.4, 0.5) is 0 Å². The molecule has 0 saturated heterocycles. The number of furan rings is 1. The van der Waals surface area contributed by atoms with Crippen LogP contribution in [0.25, 0.3) is 0 Å². The summed E-state index contributed by atoms with van der Waals surface area (Å²) in [6, 6.07) is 5.28. The van der Waals surface area contributed by atoms with Crippen molar-refractivity contribution in [3.63, 3.8) is 0 Å². The van der Waals surface area contributed by atoms with Gasteiger partial charge in [0, 0.05) is 11.1 Å². The molecule has 0 unspecified atom stereocenters. The van der Waals surface area contributed by atoms with Crippen molar-refractivity contribution >= 4 is 55.6 Å². The van der Waals surface area contributed by atoms with Gasteiger partial charge in [0.1, 0.15) is 11.5 Å². The highest BCUT2D eigenvalue weighted by molar-refractivity contribution is 9.13. The maximum absolute atomic E-state index is 11.7. The Balaban J connectivity index is 1.85. The molecule has 1 aromatic carbocycles. The van der Waals surface area contributed by atoms with Crippen LogP contribution in [-0.2, 0) is 4.79 Å². The Morgan fingerprint density at radius 2 is 2.00 bits per heavy atom. The second-order valence-electron chi connectivity index (χ2n) is 4.72. The molecule has 0 radical (unpaired) electrons. The van der Waals surface area contributed by atoms with Gasteiger partial charge in [-0.25, -0.2) is 5.43 Å². The van der Waals surface area contributed by atoms with Gasteiger partial charge in [0.25, 0.3) is 5.91 Å². The highest BCUT2D eigenvalue weighted by Gasteiger charge is 2.07. The summed E-state index contributed by atoms with van der Waals surface area (Å²) in [7, 11) is 0. The van der Waals surface area contributed by atoms with Crippen LogP contribution < -0.4 is 10.2 Å². The van der Waals surface area contributed by atoms with E-state index in [4.69, 9.17) is 20.8 Å². The molecule has 23 heavy (non-hydrogen) atoms. The lowest BCUT2D eigenvalue weighted by atomic mass is 10.1. The molecule has 0 bridgehead atoms. The van der Waals surface area contributed by atoms with Crippen LogP contribution >= 0.6 is 43.5 Å². The molecule has 1 N–H and O–H groups in total. The SMILES string of the molecule is Cc1cc(OCC(=O)NN=Cc2cc(Br)c(Br)o2)cc(C)c1Cl. The van der Waals surface area contributed by atoms with Crippen molar-refractivity contribution in [2.75, 3.05) is 6.61 Å². The number of carbonyl (C=O) groups excluding carboxylic acids is 1. The van der Waals surface area contributed by atoms with E-state index < -0.39 is 0 Å². The number of nitrogens with zero attached hydrogens (tertiary/aromatic N) is 1. The van der Waals surface area contributed by atoms with Gasteiger partial charge in [-0.15, -0.1) is 0 Å². The maximum atomic E-state index is 11.7. The van der Waals surface area contributed by atoms with Crippen molar-refractivity contribution in [3.8, 4) is 5.75 Å². The number of hydrogen-bond donors (Lipinski definition) is 1. The zero-order valence-electron chi connectivity index (χ0n) is 12.3. The standard InChI is InChI=1S/C15H13Br2ClN2O3/c1-8-3-10(4-9(2)14(8)18)22-7-13(21)20-19-6-11-5-12(16)15(17)23-11/h3-6H,7H2,1-2H3,(H,20,21). The highest BCUT2D eigenvalue weighted by Crippen LogP contribution is 2.26. The molecule has 2 aromatic rings. The summed E-state index contributed by atoms with van der Waals surface area (Å²) in [6.45, 7) is 3.61. The van der Waals surface area contributed by atoms with E-state index in [9.17, 15) is 4.79 Å². The smallest absolute Gasteiger partial charge is 0.277 e. The van der Waals surface area contributed by atoms with Gasteiger partial charge in [-0.1, -0.05) is 11.6 Å². The average molecular weight is 465 g/mol. The fraction of sp³-hybridized carbons (Fsp3) is 0.200. The van der Waals surface area contributed by atoms with Crippen molar-refractivity contribution in [3.05, 3.63) is 49.3 Å². The van der Waals surface area contributed by atoms with Crippen LogP contribution in [0.2, 0.25) is 5.02 Å². The van der Waals surface area contributed by atoms with Crippen molar-refractivity contribution in [1.29, 1.82) is 0 Å². The van der Waals surface area contributed by atoms with Crippen LogP contribution in [0.1, 0.15) is 16.9 Å². The molecule has 0 aliphatic rings. The molecular formula is C15H13Br2ClN2O3. The second-order valence-corrected chi connectivity index (χ2v) is 6.68. The van der Waals surface area contributed by atoms with Crippen molar-refractivity contribution < 1.29 is 13.9 Å². The van der Waals surface area contributed by atoms with Crippen molar-refractivity contribution in [2.24, 2.45) is 5.10 Å². The third kappa shape index (κ3) is 5.09. The summed E-state index contributed by atoms with van der Waals surface area (Å²) in [4.78, 5) is 11.7. The average Bonchev–Trinajstić information content (AvgIpc) is 2.81. The number of benzene rings is 1. The molecule has 0 aliphatic carbocycles. The summed E-state index contributed by atoms with van der Waals surface area (Å²) < 4.78 is 12.0. The van der Waals surface area contributed by atoms with Crippen LogP contribution in [0.15, 0.2) is 36.9 Å². The lowest BCUT2D eigenvalue weighted by molar-refractivity contribution is -0.123. The molecule has 8 heteroatoms. The number of rotatable bonds is 5. The third-order valence-corrected chi connectivity index (χ3v) is 5.13. The topological polar surface area (TPSA) is 63.8 Å². The lowest BCUT2D eigenvalue weighted by Gasteiger charge is -2.09. The molecule has 0 saturated carbocycles.